The first kappa shape index (κ1) is 18.1. The van der Waals surface area contributed by atoms with Gasteiger partial charge in [-0.1, -0.05) is 0 Å². The molecule has 0 atom stereocenters. The quantitative estimate of drug-likeness (QED) is 0.442. The van der Waals surface area contributed by atoms with Crippen molar-refractivity contribution in [3.63, 3.8) is 0 Å². The van der Waals surface area contributed by atoms with Crippen molar-refractivity contribution >= 4 is 33.2 Å². The van der Waals surface area contributed by atoms with Crippen LogP contribution in [0.4, 0.5) is 0 Å². The highest BCUT2D eigenvalue weighted by Crippen LogP contribution is 2.29. The van der Waals surface area contributed by atoms with Gasteiger partial charge >= 0.3 is 5.97 Å². The van der Waals surface area contributed by atoms with Crippen molar-refractivity contribution in [2.24, 2.45) is 0 Å². The predicted molar refractivity (Wildman–Crippen MR) is 108 cm³/mol. The number of fused-ring (bicyclic) bond motifs is 2. The molecule has 0 aliphatic carbocycles. The van der Waals surface area contributed by atoms with Crippen LogP contribution in [0.2, 0.25) is 0 Å². The van der Waals surface area contributed by atoms with E-state index < -0.39 is 17.3 Å². The number of thiophene rings is 1. The van der Waals surface area contributed by atoms with Gasteiger partial charge in [-0.25, -0.2) is 14.3 Å². The van der Waals surface area contributed by atoms with E-state index in [1.807, 2.05) is 18.3 Å². The number of hydrogen-bond acceptors (Lipinski definition) is 7. The molecule has 0 amide bonds. The molecule has 5 heterocycles. The van der Waals surface area contributed by atoms with Gasteiger partial charge in [0.1, 0.15) is 5.56 Å². The smallest absolute Gasteiger partial charge is 0.341 e. The molecule has 0 bridgehead atoms. The van der Waals surface area contributed by atoms with Gasteiger partial charge in [0.05, 0.1) is 41.4 Å². The fraction of sp³-hybridized carbons (Fsp3) is 0.105. The molecule has 5 aromatic heterocycles. The number of imidazole rings is 1. The van der Waals surface area contributed by atoms with E-state index in [2.05, 4.69) is 15.2 Å². The Hall–Kier alpha value is -3.99. The second-order valence-corrected chi connectivity index (χ2v) is 7.58. The summed E-state index contributed by atoms with van der Waals surface area (Å²) in [4.78, 5) is 28.6. The lowest BCUT2D eigenvalue weighted by Crippen LogP contribution is -2.22. The van der Waals surface area contributed by atoms with E-state index in [0.717, 1.165) is 28.2 Å². The van der Waals surface area contributed by atoms with E-state index >= 15 is 0 Å². The summed E-state index contributed by atoms with van der Waals surface area (Å²) in [5.41, 5.74) is 1.59. The Balaban J connectivity index is 1.47. The molecule has 0 aliphatic rings. The van der Waals surface area contributed by atoms with E-state index in [0.29, 0.717) is 16.8 Å². The largest absolute Gasteiger partial charge is 0.502 e. The lowest BCUT2D eigenvalue weighted by atomic mass is 10.2. The van der Waals surface area contributed by atoms with E-state index in [9.17, 15) is 19.8 Å². The zero-order chi connectivity index (χ0) is 20.8. The van der Waals surface area contributed by atoms with E-state index in [1.165, 1.54) is 4.57 Å². The van der Waals surface area contributed by atoms with Crippen molar-refractivity contribution in [2.75, 3.05) is 0 Å². The lowest BCUT2D eigenvalue weighted by Gasteiger charge is -2.09. The summed E-state index contributed by atoms with van der Waals surface area (Å²) in [6, 6.07) is 5.34. The zero-order valence-electron chi connectivity index (χ0n) is 15.3. The van der Waals surface area contributed by atoms with Crippen LogP contribution in [0, 0.1) is 0 Å². The summed E-state index contributed by atoms with van der Waals surface area (Å²) in [5.74, 6) is -2.10. The zero-order valence-corrected chi connectivity index (χ0v) is 16.2. The van der Waals surface area contributed by atoms with Crippen molar-refractivity contribution in [3.05, 3.63) is 75.5 Å². The number of rotatable bonds is 5. The minimum atomic E-state index is -1.33. The average Bonchev–Trinajstić information content (AvgIpc) is 3.44. The second-order valence-electron chi connectivity index (χ2n) is 6.66. The summed E-state index contributed by atoms with van der Waals surface area (Å²) >= 11 is 1.16. The van der Waals surface area contributed by atoms with Gasteiger partial charge in [0.25, 0.3) is 5.56 Å². The molecule has 10 nitrogen and oxygen atoms in total. The van der Waals surface area contributed by atoms with Crippen LogP contribution in [0.1, 0.15) is 21.6 Å². The predicted octanol–water partition coefficient (Wildman–Crippen LogP) is 1.80. The Morgan fingerprint density at radius 3 is 2.83 bits per heavy atom. The highest BCUT2D eigenvalue weighted by atomic mass is 32.1. The molecule has 150 valence electrons. The van der Waals surface area contributed by atoms with Gasteiger partial charge < -0.3 is 10.2 Å². The highest BCUT2D eigenvalue weighted by Gasteiger charge is 2.22. The number of nitrogens with zero attached hydrogens (tertiary/aromatic N) is 6. The maximum absolute atomic E-state index is 12.6. The average molecular weight is 422 g/mol. The molecule has 2 N–H and O–H groups in total. The van der Waals surface area contributed by atoms with E-state index in [1.54, 1.807) is 39.2 Å². The SMILES string of the molecule is O=C(O)c1c(O)c(=O)n(Cc2cnn(Cc3cn4ncccc4n3)c2)c2ccsc12. The number of carboxylic acids is 1. The molecule has 0 radical (unpaired) electrons. The number of hydrogen-bond donors (Lipinski definition) is 2. The van der Waals surface area contributed by atoms with E-state index in [-0.39, 0.29) is 12.1 Å². The standard InChI is InChI=1S/C19H14N6O4S/c26-16-15(19(28)29)17-13(3-5-30-17)24(18(16)27)8-11-6-21-23(7-11)9-12-10-25-14(22-12)2-1-4-20-25/h1-7,10,26H,8-9H2,(H,28,29). The Labute approximate surface area is 171 Å². The van der Waals surface area contributed by atoms with Crippen molar-refractivity contribution in [1.82, 2.24) is 28.9 Å². The second kappa shape index (κ2) is 6.81. The van der Waals surface area contributed by atoms with E-state index in [4.69, 9.17) is 0 Å². The number of carbonyl (C=O) groups is 1. The molecule has 0 fully saturated rings. The van der Waals surface area contributed by atoms with Gasteiger partial charge in [-0.15, -0.1) is 11.3 Å². The van der Waals surface area contributed by atoms with Gasteiger partial charge in [-0.05, 0) is 23.6 Å². The van der Waals surface area contributed by atoms with Gasteiger partial charge in [0.2, 0.25) is 0 Å². The third-order valence-electron chi connectivity index (χ3n) is 4.70. The molecular formula is C19H14N6O4S. The number of aromatic nitrogens is 6. The van der Waals surface area contributed by atoms with Crippen LogP contribution in [-0.2, 0) is 13.1 Å². The lowest BCUT2D eigenvalue weighted by molar-refractivity contribution is 0.0695. The highest BCUT2D eigenvalue weighted by molar-refractivity contribution is 7.17. The molecule has 0 unspecified atom stereocenters. The van der Waals surface area contributed by atoms with Crippen LogP contribution < -0.4 is 5.56 Å². The third kappa shape index (κ3) is 2.92. The first-order valence-electron chi connectivity index (χ1n) is 8.88. The Kier molecular flexibility index (Phi) is 4.10. The van der Waals surface area contributed by atoms with Gasteiger partial charge in [0, 0.05) is 18.0 Å². The molecular weight excluding hydrogens is 408 g/mol. The summed E-state index contributed by atoms with van der Waals surface area (Å²) < 4.78 is 5.07. The number of aromatic carboxylic acids is 1. The van der Waals surface area contributed by atoms with Crippen molar-refractivity contribution < 1.29 is 15.0 Å². The van der Waals surface area contributed by atoms with Crippen LogP contribution in [0.3, 0.4) is 0 Å². The Morgan fingerprint density at radius 2 is 2.03 bits per heavy atom. The Morgan fingerprint density at radius 1 is 1.17 bits per heavy atom. The molecule has 0 aromatic carbocycles. The first-order valence-corrected chi connectivity index (χ1v) is 9.76. The Bertz CT molecular complexity index is 1440. The molecule has 0 spiro atoms. The van der Waals surface area contributed by atoms with Crippen LogP contribution in [-0.4, -0.2) is 45.1 Å². The summed E-state index contributed by atoms with van der Waals surface area (Å²) in [6.07, 6.45) is 6.91. The fourth-order valence-electron chi connectivity index (χ4n) is 3.39. The van der Waals surface area contributed by atoms with Crippen molar-refractivity contribution in [2.45, 2.75) is 13.1 Å². The molecule has 30 heavy (non-hydrogen) atoms. The fourth-order valence-corrected chi connectivity index (χ4v) is 4.32. The van der Waals surface area contributed by atoms with Crippen LogP contribution >= 0.6 is 11.3 Å². The third-order valence-corrected chi connectivity index (χ3v) is 5.62. The molecule has 0 saturated heterocycles. The molecule has 0 aliphatic heterocycles. The van der Waals surface area contributed by atoms with Crippen molar-refractivity contribution in [3.8, 4) is 5.75 Å². The number of aromatic hydroxyl groups is 1. The maximum atomic E-state index is 12.6. The summed E-state index contributed by atoms with van der Waals surface area (Å²) in [7, 11) is 0. The van der Waals surface area contributed by atoms with Crippen LogP contribution in [0.15, 0.2) is 53.2 Å². The maximum Gasteiger partial charge on any atom is 0.341 e. The molecule has 5 rings (SSSR count). The van der Waals surface area contributed by atoms with Crippen molar-refractivity contribution in [1.29, 1.82) is 0 Å². The minimum absolute atomic E-state index is 0.145. The number of carboxylic acid groups (broad SMARTS) is 1. The van der Waals surface area contributed by atoms with Crippen LogP contribution in [0.25, 0.3) is 15.9 Å². The monoisotopic (exact) mass is 422 g/mol. The van der Waals surface area contributed by atoms with Crippen LogP contribution in [0.5, 0.6) is 5.75 Å². The molecule has 0 saturated carbocycles. The van der Waals surface area contributed by atoms with Gasteiger partial charge in [-0.2, -0.15) is 10.2 Å². The topological polar surface area (TPSA) is 128 Å². The van der Waals surface area contributed by atoms with Gasteiger partial charge in [0.15, 0.2) is 11.4 Å². The molecule has 5 aromatic rings. The first-order chi connectivity index (χ1) is 14.5. The molecule has 11 heteroatoms. The summed E-state index contributed by atoms with van der Waals surface area (Å²) in [5, 5.41) is 29.7. The van der Waals surface area contributed by atoms with Gasteiger partial charge in [-0.3, -0.25) is 14.0 Å². The summed E-state index contributed by atoms with van der Waals surface area (Å²) in [6.45, 7) is 0.571. The number of pyridine rings is 1. The minimum Gasteiger partial charge on any atom is -0.502 e. The normalized spacial score (nSPS) is 11.5.